The molecule has 2 N–H and O–H groups in total. The maximum atomic E-state index is 12.4. The molecule has 0 aliphatic carbocycles. The van der Waals surface area contributed by atoms with E-state index in [1.807, 2.05) is 19.9 Å². The maximum Gasteiger partial charge on any atom is 0.326 e. The van der Waals surface area contributed by atoms with Crippen molar-refractivity contribution in [1.29, 1.82) is 0 Å². The number of carboxylic acid groups (broad SMARTS) is 1. The van der Waals surface area contributed by atoms with Gasteiger partial charge in [-0.25, -0.2) is 4.79 Å². The van der Waals surface area contributed by atoms with Crippen LogP contribution in [0.1, 0.15) is 33.1 Å². The van der Waals surface area contributed by atoms with Crippen LogP contribution in [0, 0.1) is 5.92 Å². The lowest BCUT2D eigenvalue weighted by molar-refractivity contribution is -0.142. The zero-order valence-corrected chi connectivity index (χ0v) is 14.5. The number of carboxylic acids is 1. The first-order valence-corrected chi connectivity index (χ1v) is 8.53. The zero-order chi connectivity index (χ0) is 18.4. The highest BCUT2D eigenvalue weighted by molar-refractivity contribution is 6.01. The van der Waals surface area contributed by atoms with Gasteiger partial charge in [0.25, 0.3) is 0 Å². The number of hydrogen-bond donors (Lipinski definition) is 2. The van der Waals surface area contributed by atoms with Gasteiger partial charge in [-0.3, -0.25) is 9.59 Å². The van der Waals surface area contributed by atoms with Crippen LogP contribution in [0.25, 0.3) is 0 Å². The molecule has 7 nitrogen and oxygen atoms in total. The van der Waals surface area contributed by atoms with Crippen molar-refractivity contribution in [3.8, 4) is 5.75 Å². The topological polar surface area (TPSA) is 95.9 Å². The monoisotopic (exact) mass is 348 g/mol. The van der Waals surface area contributed by atoms with Crippen LogP contribution in [0.3, 0.4) is 0 Å². The van der Waals surface area contributed by atoms with E-state index < -0.39 is 23.8 Å². The third kappa shape index (κ3) is 4.49. The third-order valence-electron chi connectivity index (χ3n) is 4.14. The number of nitrogens with one attached hydrogen (secondary N) is 1. The van der Waals surface area contributed by atoms with Crippen molar-refractivity contribution in [2.45, 2.75) is 39.2 Å². The Balaban J connectivity index is 2.09. The van der Waals surface area contributed by atoms with Crippen molar-refractivity contribution in [3.05, 3.63) is 24.3 Å². The fourth-order valence-electron chi connectivity index (χ4n) is 2.91. The molecule has 1 fully saturated rings. The smallest absolute Gasteiger partial charge is 0.326 e. The molecule has 0 radical (unpaired) electrons. The van der Waals surface area contributed by atoms with E-state index in [4.69, 9.17) is 9.84 Å². The second-order valence-electron chi connectivity index (χ2n) is 5.99. The number of anilines is 1. The summed E-state index contributed by atoms with van der Waals surface area (Å²) in [6.07, 6.45) is 1.07. The molecule has 2 amide bonds. The van der Waals surface area contributed by atoms with Gasteiger partial charge in [-0.2, -0.15) is 0 Å². The van der Waals surface area contributed by atoms with Crippen molar-refractivity contribution >= 4 is 23.5 Å². The lowest BCUT2D eigenvalue weighted by atomic mass is 10.1. The summed E-state index contributed by atoms with van der Waals surface area (Å²) in [5.41, 5.74) is 0.632. The van der Waals surface area contributed by atoms with Crippen LogP contribution in [0.15, 0.2) is 24.3 Å². The highest BCUT2D eigenvalue weighted by Gasteiger charge is 2.37. The Hall–Kier alpha value is -2.57. The van der Waals surface area contributed by atoms with Gasteiger partial charge in [0.2, 0.25) is 11.8 Å². The number of ether oxygens (including phenoxy) is 1. The molecule has 1 saturated heterocycles. The van der Waals surface area contributed by atoms with Crippen molar-refractivity contribution in [3.63, 3.8) is 0 Å². The van der Waals surface area contributed by atoms with Gasteiger partial charge in [0.15, 0.2) is 0 Å². The van der Waals surface area contributed by atoms with Crippen LogP contribution in [0.5, 0.6) is 5.75 Å². The van der Waals surface area contributed by atoms with Crippen molar-refractivity contribution in [2.75, 3.05) is 18.1 Å². The number of rotatable bonds is 8. The van der Waals surface area contributed by atoms with Crippen LogP contribution >= 0.6 is 0 Å². The number of benzene rings is 1. The molecule has 1 heterocycles. The molecule has 0 bridgehead atoms. The Kier molecular flexibility index (Phi) is 6.38. The van der Waals surface area contributed by atoms with Gasteiger partial charge in [-0.15, -0.1) is 0 Å². The molecule has 1 aromatic rings. The van der Waals surface area contributed by atoms with E-state index in [0.717, 1.165) is 0 Å². The standard InChI is InChI=1S/C18H24N2O5/c1-3-7-13(18(23)24)19-17(22)12-10-16(21)20(11-12)14-8-5-6-9-15(14)25-4-2/h5-6,8-9,12-13H,3-4,7,10-11H2,1-2H3,(H,19,22)(H,23,24). The number of hydrogen-bond acceptors (Lipinski definition) is 4. The number of amides is 2. The zero-order valence-electron chi connectivity index (χ0n) is 14.5. The van der Waals surface area contributed by atoms with Crippen LogP contribution in [0.2, 0.25) is 0 Å². The van der Waals surface area contributed by atoms with Crippen LogP contribution in [0.4, 0.5) is 5.69 Å². The normalized spacial score (nSPS) is 18.1. The maximum absolute atomic E-state index is 12.4. The first kappa shape index (κ1) is 18.8. The van der Waals surface area contributed by atoms with Gasteiger partial charge < -0.3 is 20.1 Å². The summed E-state index contributed by atoms with van der Waals surface area (Å²) in [5.74, 6) is -1.60. The highest BCUT2D eigenvalue weighted by Crippen LogP contribution is 2.33. The van der Waals surface area contributed by atoms with Gasteiger partial charge in [0, 0.05) is 13.0 Å². The number of nitrogens with zero attached hydrogens (tertiary/aromatic N) is 1. The van der Waals surface area contributed by atoms with Crippen LogP contribution in [-0.4, -0.2) is 42.1 Å². The largest absolute Gasteiger partial charge is 0.492 e. The predicted molar refractivity (Wildman–Crippen MR) is 92.5 cm³/mol. The average Bonchev–Trinajstić information content (AvgIpc) is 2.97. The van der Waals surface area contributed by atoms with Crippen LogP contribution in [-0.2, 0) is 14.4 Å². The SMILES string of the molecule is CCCC(NC(=O)C1CC(=O)N(c2ccccc2OCC)C1)C(=O)O. The van der Waals surface area contributed by atoms with E-state index in [2.05, 4.69) is 5.32 Å². The first-order valence-electron chi connectivity index (χ1n) is 8.53. The number of carbonyl (C=O) groups excluding carboxylic acids is 2. The Labute approximate surface area is 147 Å². The van der Waals surface area contributed by atoms with E-state index in [-0.39, 0.29) is 18.9 Å². The molecule has 1 aromatic carbocycles. The summed E-state index contributed by atoms with van der Waals surface area (Å²) in [6, 6.07) is 6.26. The molecular formula is C18H24N2O5. The summed E-state index contributed by atoms with van der Waals surface area (Å²) in [6.45, 7) is 4.40. The second kappa shape index (κ2) is 8.50. The fourth-order valence-corrected chi connectivity index (χ4v) is 2.91. The predicted octanol–water partition coefficient (Wildman–Crippen LogP) is 1.81. The Morgan fingerprint density at radius 3 is 2.72 bits per heavy atom. The molecule has 2 atom stereocenters. The van der Waals surface area contributed by atoms with Gasteiger partial charge in [-0.05, 0) is 25.5 Å². The van der Waals surface area contributed by atoms with E-state index in [1.54, 1.807) is 18.2 Å². The first-order chi connectivity index (χ1) is 12.0. The lowest BCUT2D eigenvalue weighted by Gasteiger charge is -2.20. The molecule has 2 rings (SSSR count). The summed E-state index contributed by atoms with van der Waals surface area (Å²) in [4.78, 5) is 37.5. The molecule has 0 spiro atoms. The fraction of sp³-hybridized carbons (Fsp3) is 0.500. The van der Waals surface area contributed by atoms with Crippen molar-refractivity contribution < 1.29 is 24.2 Å². The third-order valence-corrected chi connectivity index (χ3v) is 4.14. The average molecular weight is 348 g/mol. The Morgan fingerprint density at radius 2 is 2.08 bits per heavy atom. The summed E-state index contributed by atoms with van der Waals surface area (Å²) >= 11 is 0. The van der Waals surface area contributed by atoms with E-state index >= 15 is 0 Å². The minimum Gasteiger partial charge on any atom is -0.492 e. The van der Waals surface area contributed by atoms with E-state index in [9.17, 15) is 14.4 Å². The molecular weight excluding hydrogens is 324 g/mol. The quantitative estimate of drug-likeness (QED) is 0.747. The molecule has 1 aliphatic heterocycles. The van der Waals surface area contributed by atoms with Crippen molar-refractivity contribution in [1.82, 2.24) is 5.32 Å². The number of aliphatic carboxylic acids is 1. The summed E-state index contributed by atoms with van der Waals surface area (Å²) in [7, 11) is 0. The number of para-hydroxylation sites is 2. The number of carbonyl (C=O) groups is 3. The molecule has 0 saturated carbocycles. The molecule has 1 aliphatic rings. The van der Waals surface area contributed by atoms with E-state index in [1.165, 1.54) is 4.90 Å². The van der Waals surface area contributed by atoms with E-state index in [0.29, 0.717) is 30.9 Å². The molecule has 136 valence electrons. The molecule has 7 heteroatoms. The van der Waals surface area contributed by atoms with Gasteiger partial charge in [0.05, 0.1) is 18.2 Å². The highest BCUT2D eigenvalue weighted by atomic mass is 16.5. The molecule has 2 unspecified atom stereocenters. The van der Waals surface area contributed by atoms with Crippen LogP contribution < -0.4 is 15.0 Å². The second-order valence-corrected chi connectivity index (χ2v) is 5.99. The lowest BCUT2D eigenvalue weighted by Crippen LogP contribution is -2.44. The minimum atomic E-state index is -1.06. The summed E-state index contributed by atoms with van der Waals surface area (Å²) in [5, 5.41) is 11.7. The van der Waals surface area contributed by atoms with Gasteiger partial charge in [-0.1, -0.05) is 25.5 Å². The Morgan fingerprint density at radius 1 is 1.36 bits per heavy atom. The Bertz CT molecular complexity index is 646. The van der Waals surface area contributed by atoms with Gasteiger partial charge >= 0.3 is 5.97 Å². The molecule has 0 aromatic heterocycles. The van der Waals surface area contributed by atoms with Crippen molar-refractivity contribution in [2.24, 2.45) is 5.92 Å². The van der Waals surface area contributed by atoms with Gasteiger partial charge in [0.1, 0.15) is 11.8 Å². The summed E-state index contributed by atoms with van der Waals surface area (Å²) < 4.78 is 5.55. The minimum absolute atomic E-state index is 0.0603. The molecule has 25 heavy (non-hydrogen) atoms.